The van der Waals surface area contributed by atoms with E-state index >= 15 is 0 Å². The first kappa shape index (κ1) is 15.9. The lowest BCUT2D eigenvalue weighted by Crippen LogP contribution is -2.08. The molecular formula is C14H17ClN2O3S. The molecule has 1 aromatic carbocycles. The number of ether oxygens (including phenoxy) is 1. The van der Waals surface area contributed by atoms with Gasteiger partial charge in [0.25, 0.3) is 9.05 Å². The van der Waals surface area contributed by atoms with Gasteiger partial charge in [0.05, 0.1) is 11.5 Å². The molecular weight excluding hydrogens is 312 g/mol. The summed E-state index contributed by atoms with van der Waals surface area (Å²) in [6.07, 6.45) is 4.30. The highest BCUT2D eigenvalue weighted by Gasteiger charge is 2.17. The number of halogens is 1. The summed E-state index contributed by atoms with van der Waals surface area (Å²) in [6, 6.07) is 3.11. The molecule has 1 aromatic heterocycles. The highest BCUT2D eigenvalue weighted by Crippen LogP contribution is 2.29. The fraction of sp³-hybridized carbons (Fsp3) is 0.357. The largest absolute Gasteiger partial charge is 0.493 e. The Hall–Kier alpha value is -1.53. The molecule has 0 bridgehead atoms. The first-order valence-corrected chi connectivity index (χ1v) is 8.75. The number of aryl methyl sites for hydroxylation is 1. The van der Waals surface area contributed by atoms with E-state index in [1.54, 1.807) is 19.2 Å². The van der Waals surface area contributed by atoms with Gasteiger partial charge in [-0.2, -0.15) is 0 Å². The quantitative estimate of drug-likeness (QED) is 0.791. The number of benzene rings is 1. The zero-order valence-electron chi connectivity index (χ0n) is 12.1. The molecule has 7 heteroatoms. The van der Waals surface area contributed by atoms with Crippen LogP contribution in [0.25, 0.3) is 0 Å². The minimum Gasteiger partial charge on any atom is -0.493 e. The van der Waals surface area contributed by atoms with Crippen molar-refractivity contribution in [3.05, 3.63) is 41.5 Å². The van der Waals surface area contributed by atoms with Crippen LogP contribution in [0.1, 0.15) is 17.0 Å². The molecule has 0 spiro atoms. The molecule has 0 aliphatic carbocycles. The standard InChI is InChI=1S/C14H17ClN2O3S/c1-10-11(2)13(21(15,18)19)5-4-12(10)20-9-6-14-16-7-8-17(14)3/h4-5,7-8H,6,9H2,1-3H3. The molecule has 0 atom stereocenters. The Morgan fingerprint density at radius 3 is 2.57 bits per heavy atom. The summed E-state index contributed by atoms with van der Waals surface area (Å²) < 4.78 is 30.5. The predicted octanol–water partition coefficient (Wildman–Crippen LogP) is 2.59. The van der Waals surface area contributed by atoms with Gasteiger partial charge in [-0.25, -0.2) is 13.4 Å². The third-order valence-corrected chi connectivity index (χ3v) is 4.92. The number of nitrogens with zero attached hydrogens (tertiary/aromatic N) is 2. The molecule has 0 aliphatic rings. The molecule has 0 unspecified atom stereocenters. The van der Waals surface area contributed by atoms with E-state index in [4.69, 9.17) is 15.4 Å². The summed E-state index contributed by atoms with van der Waals surface area (Å²) in [4.78, 5) is 4.34. The van der Waals surface area contributed by atoms with Gasteiger partial charge in [-0.15, -0.1) is 0 Å². The second-order valence-electron chi connectivity index (χ2n) is 4.80. The van der Waals surface area contributed by atoms with Crippen molar-refractivity contribution in [2.24, 2.45) is 7.05 Å². The monoisotopic (exact) mass is 328 g/mol. The second kappa shape index (κ2) is 6.07. The van der Waals surface area contributed by atoms with E-state index in [1.807, 2.05) is 24.7 Å². The molecule has 2 aromatic rings. The summed E-state index contributed by atoms with van der Waals surface area (Å²) >= 11 is 0. The zero-order valence-corrected chi connectivity index (χ0v) is 13.7. The van der Waals surface area contributed by atoms with Crippen LogP contribution in [0.2, 0.25) is 0 Å². The van der Waals surface area contributed by atoms with Gasteiger partial charge in [0, 0.05) is 36.5 Å². The van der Waals surface area contributed by atoms with Gasteiger partial charge in [-0.05, 0) is 37.1 Å². The maximum absolute atomic E-state index is 11.4. The van der Waals surface area contributed by atoms with E-state index in [2.05, 4.69) is 4.98 Å². The van der Waals surface area contributed by atoms with E-state index < -0.39 is 9.05 Å². The average molecular weight is 329 g/mol. The van der Waals surface area contributed by atoms with Crippen LogP contribution < -0.4 is 4.74 Å². The van der Waals surface area contributed by atoms with Crippen molar-refractivity contribution in [2.45, 2.75) is 25.2 Å². The van der Waals surface area contributed by atoms with Gasteiger partial charge in [-0.3, -0.25) is 0 Å². The van der Waals surface area contributed by atoms with Gasteiger partial charge >= 0.3 is 0 Å². The van der Waals surface area contributed by atoms with E-state index in [1.165, 1.54) is 6.07 Å². The van der Waals surface area contributed by atoms with Crippen molar-refractivity contribution in [3.8, 4) is 5.75 Å². The smallest absolute Gasteiger partial charge is 0.261 e. The zero-order chi connectivity index (χ0) is 15.6. The molecule has 0 N–H and O–H groups in total. The van der Waals surface area contributed by atoms with Crippen LogP contribution in [0.3, 0.4) is 0 Å². The summed E-state index contributed by atoms with van der Waals surface area (Å²) in [5.74, 6) is 1.59. The Morgan fingerprint density at radius 2 is 2.00 bits per heavy atom. The van der Waals surface area contributed by atoms with E-state index in [0.717, 1.165) is 11.4 Å². The van der Waals surface area contributed by atoms with Crippen molar-refractivity contribution in [1.82, 2.24) is 9.55 Å². The lowest BCUT2D eigenvalue weighted by Gasteiger charge is -2.13. The summed E-state index contributed by atoms with van der Waals surface area (Å²) in [5, 5.41) is 0. The third kappa shape index (κ3) is 3.57. The third-order valence-electron chi connectivity index (χ3n) is 3.45. The van der Waals surface area contributed by atoms with E-state index in [-0.39, 0.29) is 4.90 Å². The SMILES string of the molecule is Cc1c(OCCc2nccn2C)ccc(S(=O)(=O)Cl)c1C. The molecule has 5 nitrogen and oxygen atoms in total. The van der Waals surface area contributed by atoms with Crippen LogP contribution in [0.15, 0.2) is 29.4 Å². The highest BCUT2D eigenvalue weighted by molar-refractivity contribution is 8.13. The van der Waals surface area contributed by atoms with Gasteiger partial charge in [0.15, 0.2) is 0 Å². The Kier molecular flexibility index (Phi) is 4.58. The van der Waals surface area contributed by atoms with Crippen molar-refractivity contribution in [1.29, 1.82) is 0 Å². The van der Waals surface area contributed by atoms with E-state index in [9.17, 15) is 8.42 Å². The summed E-state index contributed by atoms with van der Waals surface area (Å²) in [7, 11) is 3.60. The van der Waals surface area contributed by atoms with Gasteiger partial charge < -0.3 is 9.30 Å². The van der Waals surface area contributed by atoms with Crippen LogP contribution in [-0.2, 0) is 22.5 Å². The van der Waals surface area contributed by atoms with Crippen LogP contribution in [0, 0.1) is 13.8 Å². The lowest BCUT2D eigenvalue weighted by molar-refractivity contribution is 0.315. The van der Waals surface area contributed by atoms with Gasteiger partial charge in [0.1, 0.15) is 11.6 Å². The van der Waals surface area contributed by atoms with Gasteiger partial charge in [0.2, 0.25) is 0 Å². The minimum absolute atomic E-state index is 0.123. The van der Waals surface area contributed by atoms with Crippen molar-refractivity contribution < 1.29 is 13.2 Å². The normalized spacial score (nSPS) is 11.6. The van der Waals surface area contributed by atoms with E-state index in [0.29, 0.717) is 24.3 Å². The number of hydrogen-bond acceptors (Lipinski definition) is 4. The van der Waals surface area contributed by atoms with Crippen LogP contribution in [-0.4, -0.2) is 24.6 Å². The second-order valence-corrected chi connectivity index (χ2v) is 7.34. The van der Waals surface area contributed by atoms with Crippen LogP contribution in [0.4, 0.5) is 0 Å². The maximum Gasteiger partial charge on any atom is 0.261 e. The highest BCUT2D eigenvalue weighted by atomic mass is 35.7. The first-order valence-electron chi connectivity index (χ1n) is 6.44. The summed E-state index contributed by atoms with van der Waals surface area (Å²) in [5.41, 5.74) is 1.39. The van der Waals surface area contributed by atoms with Crippen LogP contribution in [0.5, 0.6) is 5.75 Å². The molecule has 1 heterocycles. The summed E-state index contributed by atoms with van der Waals surface area (Å²) in [6.45, 7) is 4.01. The molecule has 114 valence electrons. The average Bonchev–Trinajstić information content (AvgIpc) is 2.79. The predicted molar refractivity (Wildman–Crippen MR) is 81.4 cm³/mol. The fourth-order valence-corrected chi connectivity index (χ4v) is 3.33. The minimum atomic E-state index is -3.73. The first-order chi connectivity index (χ1) is 9.80. The van der Waals surface area contributed by atoms with Crippen molar-refractivity contribution in [2.75, 3.05) is 6.61 Å². The molecule has 21 heavy (non-hydrogen) atoms. The Balaban J connectivity index is 2.12. The number of aromatic nitrogens is 2. The molecule has 0 aliphatic heterocycles. The Bertz CT molecular complexity index is 754. The number of hydrogen-bond donors (Lipinski definition) is 0. The topological polar surface area (TPSA) is 61.2 Å². The number of rotatable bonds is 5. The number of imidazole rings is 1. The molecule has 2 rings (SSSR count). The molecule has 0 saturated carbocycles. The fourth-order valence-electron chi connectivity index (χ4n) is 2.08. The Morgan fingerprint density at radius 1 is 1.29 bits per heavy atom. The molecule has 0 amide bonds. The molecule has 0 saturated heterocycles. The Labute approximate surface area is 128 Å². The maximum atomic E-state index is 11.4. The van der Waals surface area contributed by atoms with Crippen LogP contribution >= 0.6 is 10.7 Å². The van der Waals surface area contributed by atoms with Crippen molar-refractivity contribution in [3.63, 3.8) is 0 Å². The molecule has 0 fully saturated rings. The molecule has 0 radical (unpaired) electrons. The lowest BCUT2D eigenvalue weighted by atomic mass is 10.1. The van der Waals surface area contributed by atoms with Crippen molar-refractivity contribution >= 4 is 19.7 Å². The van der Waals surface area contributed by atoms with Gasteiger partial charge in [-0.1, -0.05) is 0 Å².